The molecule has 0 aromatic heterocycles. The average Bonchev–Trinajstić information content (AvgIpc) is 3.13. The quantitative estimate of drug-likeness (QED) is 0.0882. The molecule has 312 valence electrons. The van der Waals surface area contributed by atoms with Gasteiger partial charge < -0.3 is 67.6 Å². The van der Waals surface area contributed by atoms with Crippen LogP contribution in [0.4, 0.5) is 11.4 Å². The molecule has 0 aliphatic carbocycles. The van der Waals surface area contributed by atoms with Crippen LogP contribution in [0.15, 0.2) is 0 Å². The third-order valence-electron chi connectivity index (χ3n) is 7.08. The molecule has 0 aliphatic heterocycles. The molecule has 0 heterocycles. The maximum atomic E-state index is 13.4. The van der Waals surface area contributed by atoms with Crippen LogP contribution in [0.5, 0.6) is 0 Å². The number of nitrogens with one attached hydrogen (secondary N) is 6. The maximum Gasteiger partial charge on any atom is 0.337 e. The van der Waals surface area contributed by atoms with E-state index in [9.17, 15) is 39.0 Å². The molecule has 0 aliphatic rings. The van der Waals surface area contributed by atoms with Crippen molar-refractivity contribution in [3.63, 3.8) is 0 Å². The first-order chi connectivity index (χ1) is 26.1. The van der Waals surface area contributed by atoms with E-state index in [4.69, 9.17) is 25.5 Å². The lowest BCUT2D eigenvalue weighted by Crippen LogP contribution is -2.48. The van der Waals surface area contributed by atoms with Crippen LogP contribution in [-0.4, -0.2) is 149 Å². The van der Waals surface area contributed by atoms with E-state index in [-0.39, 0.29) is 70.7 Å². The van der Waals surface area contributed by atoms with Gasteiger partial charge in [0, 0.05) is 27.3 Å². The number of carbonyl (C=O) groups is 6. The number of carboxylic acids is 1. The summed E-state index contributed by atoms with van der Waals surface area (Å²) in [4.78, 5) is 75.6. The summed E-state index contributed by atoms with van der Waals surface area (Å²) >= 11 is 11.1. The van der Waals surface area contributed by atoms with E-state index >= 15 is 0 Å². The monoisotopic (exact) mass is 1460 g/mol. The van der Waals surface area contributed by atoms with Gasteiger partial charge in [0.05, 0.1) is 80.3 Å². The Kier molecular flexibility index (Phi) is 24.7. The Labute approximate surface area is 402 Å². The van der Waals surface area contributed by atoms with Crippen molar-refractivity contribution in [2.45, 2.75) is 31.3 Å². The summed E-state index contributed by atoms with van der Waals surface area (Å²) in [6.07, 6.45) is -5.65. The lowest BCUT2D eigenvalue weighted by molar-refractivity contribution is -0.116. The van der Waals surface area contributed by atoms with Gasteiger partial charge in [-0.1, -0.05) is 0 Å². The highest BCUT2D eigenvalue weighted by Crippen LogP contribution is 2.37. The van der Waals surface area contributed by atoms with E-state index in [1.165, 1.54) is 14.0 Å². The number of aliphatic hydroxyl groups excluding tert-OH is 6. The topological polar surface area (TPSA) is 316 Å². The minimum Gasteiger partial charge on any atom is -0.478 e. The molecular weight excluding hydrogens is 1430 g/mol. The predicted molar refractivity (Wildman–Crippen MR) is 254 cm³/mol. The van der Waals surface area contributed by atoms with Crippen molar-refractivity contribution in [3.8, 4) is 0 Å². The van der Waals surface area contributed by atoms with Gasteiger partial charge in [-0.3, -0.25) is 24.0 Å². The molecule has 0 radical (unpaired) electrons. The molecule has 2 aromatic rings. The fourth-order valence-electron chi connectivity index (χ4n) is 4.30. The summed E-state index contributed by atoms with van der Waals surface area (Å²) in [7, 11) is 3.02. The standard InChI is InChI=1S/C24H21I6N5O8.C7H17NO5/c1-7(37)5-33-19-15(27)9(21(39)31-2)13(25)10(16(19)28)23(41)34-6-8(38)35-20-17(29)11(22(40)32-3-4-36)14(26)12(18(20)30)24(42)43;1-8-2-4(10)6(12)7(13)5(11)3-9/h33,36H,3-6H2,1-2H3,(H,31,39)(H,32,40)(H,34,41)(H,35,38)(H,42,43);4-13H,2-3H2,1H3/t;4-,5+,6+,7+/m.0/s1. The number of Topliss-reactive ketones (excluding diaryl/α,β-unsaturated/α-hetero) is 1. The molecule has 0 saturated heterocycles. The van der Waals surface area contributed by atoms with E-state index in [1.54, 1.807) is 52.2 Å². The van der Waals surface area contributed by atoms with Crippen molar-refractivity contribution in [3.05, 3.63) is 43.7 Å². The van der Waals surface area contributed by atoms with Gasteiger partial charge in [-0.15, -0.1) is 0 Å². The van der Waals surface area contributed by atoms with Gasteiger partial charge in [0.1, 0.15) is 24.1 Å². The van der Waals surface area contributed by atoms with Crippen LogP contribution in [0.3, 0.4) is 0 Å². The summed E-state index contributed by atoms with van der Waals surface area (Å²) in [5.41, 5.74) is 0.659. The molecule has 25 heteroatoms. The molecule has 4 amide bonds. The molecule has 0 saturated carbocycles. The molecule has 0 spiro atoms. The first-order valence-corrected chi connectivity index (χ1v) is 22.2. The highest BCUT2D eigenvalue weighted by Gasteiger charge is 2.31. The van der Waals surface area contributed by atoms with E-state index in [1.807, 2.05) is 90.4 Å². The molecule has 0 fully saturated rings. The number of carboxylic acid groups (broad SMARTS) is 1. The minimum absolute atomic E-state index is 0.0159. The maximum absolute atomic E-state index is 13.4. The van der Waals surface area contributed by atoms with E-state index < -0.39 is 67.2 Å². The summed E-state index contributed by atoms with van der Waals surface area (Å²) in [6.45, 7) is -0.122. The third kappa shape index (κ3) is 14.5. The number of anilines is 2. The van der Waals surface area contributed by atoms with Crippen molar-refractivity contribution in [1.29, 1.82) is 0 Å². The van der Waals surface area contributed by atoms with Crippen LogP contribution >= 0.6 is 136 Å². The highest BCUT2D eigenvalue weighted by atomic mass is 127. The number of aliphatic hydroxyl groups is 6. The number of benzene rings is 2. The Bertz CT molecular complexity index is 1810. The Balaban J connectivity index is 0.00000103. The molecule has 0 unspecified atom stereocenters. The Morgan fingerprint density at radius 3 is 1.55 bits per heavy atom. The number of hydrogen-bond donors (Lipinski definition) is 13. The Morgan fingerprint density at radius 2 is 1.09 bits per heavy atom. The second kappa shape index (κ2) is 25.9. The molecule has 13 N–H and O–H groups in total. The number of rotatable bonds is 18. The number of likely N-dealkylation sites (N-methyl/N-ethyl adjacent to an activating group) is 1. The van der Waals surface area contributed by atoms with E-state index in [0.29, 0.717) is 16.4 Å². The summed E-state index contributed by atoms with van der Waals surface area (Å²) in [5.74, 6) is -3.92. The van der Waals surface area contributed by atoms with Crippen LogP contribution in [0.2, 0.25) is 0 Å². The molecule has 19 nitrogen and oxygen atoms in total. The lowest BCUT2D eigenvalue weighted by Gasteiger charge is -2.25. The van der Waals surface area contributed by atoms with E-state index in [2.05, 4.69) is 31.9 Å². The first kappa shape index (κ1) is 53.4. The SMILES string of the molecule is CNC(=O)c1c(I)c(NCC(C)=O)c(I)c(C(=O)NCC(=O)Nc2c(I)c(C(=O)O)c(I)c(C(=O)NCCO)c2I)c1I.CNC[C@H](O)[C@@H](O)[C@H](O)[C@H](O)CO. The van der Waals surface area contributed by atoms with Crippen LogP contribution < -0.4 is 31.9 Å². The number of halogens is 6. The van der Waals surface area contributed by atoms with Gasteiger partial charge >= 0.3 is 5.97 Å². The zero-order valence-electron chi connectivity index (χ0n) is 29.4. The second-order valence-corrected chi connectivity index (χ2v) is 17.6. The molecule has 2 aromatic carbocycles. The number of ketones is 1. The molecular formula is C31H38I6N6O13. The van der Waals surface area contributed by atoms with Crippen LogP contribution in [-0.2, 0) is 9.59 Å². The van der Waals surface area contributed by atoms with Gasteiger partial charge in [0.25, 0.3) is 17.7 Å². The van der Waals surface area contributed by atoms with Crippen molar-refractivity contribution >= 4 is 182 Å². The second-order valence-electron chi connectivity index (χ2n) is 11.1. The zero-order valence-corrected chi connectivity index (χ0v) is 42.3. The normalized spacial score (nSPS) is 12.9. The van der Waals surface area contributed by atoms with E-state index in [0.717, 1.165) is 0 Å². The fraction of sp³-hybridized carbons (Fsp3) is 0.419. The number of carbonyl (C=O) groups excluding carboxylic acids is 5. The third-order valence-corrected chi connectivity index (χ3v) is 13.6. The summed E-state index contributed by atoms with van der Waals surface area (Å²) in [5, 5.41) is 79.5. The van der Waals surface area contributed by atoms with Crippen LogP contribution in [0.25, 0.3) is 0 Å². The van der Waals surface area contributed by atoms with Gasteiger partial charge in [-0.05, 0) is 150 Å². The summed E-state index contributed by atoms with van der Waals surface area (Å²) in [6, 6.07) is 0. The largest absolute Gasteiger partial charge is 0.478 e. The average molecular weight is 1460 g/mol. The van der Waals surface area contributed by atoms with Gasteiger partial charge in [0.2, 0.25) is 5.91 Å². The van der Waals surface area contributed by atoms with Gasteiger partial charge in [-0.25, -0.2) is 4.79 Å². The minimum atomic E-state index is -1.55. The van der Waals surface area contributed by atoms with Gasteiger partial charge in [-0.2, -0.15) is 0 Å². The van der Waals surface area contributed by atoms with Crippen LogP contribution in [0, 0.1) is 21.4 Å². The first-order valence-electron chi connectivity index (χ1n) is 15.7. The molecule has 2 rings (SSSR count). The smallest absolute Gasteiger partial charge is 0.337 e. The van der Waals surface area contributed by atoms with Crippen molar-refractivity contribution < 1.29 is 64.5 Å². The number of amides is 4. The number of aromatic carboxylic acids is 1. The lowest BCUT2D eigenvalue weighted by atomic mass is 10.0. The van der Waals surface area contributed by atoms with Crippen molar-refractivity contribution in [2.75, 3.05) is 64.1 Å². The van der Waals surface area contributed by atoms with Crippen LogP contribution in [0.1, 0.15) is 48.4 Å². The summed E-state index contributed by atoms with van der Waals surface area (Å²) < 4.78 is 1.88. The highest BCUT2D eigenvalue weighted by molar-refractivity contribution is 14.1. The molecule has 0 bridgehead atoms. The van der Waals surface area contributed by atoms with Gasteiger partial charge in [0.15, 0.2) is 0 Å². The number of hydrogen-bond acceptors (Lipinski definition) is 14. The molecule has 4 atom stereocenters. The molecule has 56 heavy (non-hydrogen) atoms. The van der Waals surface area contributed by atoms with Crippen molar-refractivity contribution in [2.24, 2.45) is 0 Å². The predicted octanol–water partition coefficient (Wildman–Crippen LogP) is 0.105. The zero-order chi connectivity index (χ0) is 43.2. The Morgan fingerprint density at radius 1 is 0.625 bits per heavy atom. The van der Waals surface area contributed by atoms with Crippen molar-refractivity contribution in [1.82, 2.24) is 21.3 Å². The Hall–Kier alpha value is -0.640. The fourth-order valence-corrected chi connectivity index (χ4v) is 13.2.